The molecule has 2 rings (SSSR count). The Morgan fingerprint density at radius 3 is 2.80 bits per heavy atom. The van der Waals surface area contributed by atoms with Crippen molar-refractivity contribution in [3.63, 3.8) is 0 Å². The zero-order valence-electron chi connectivity index (χ0n) is 8.05. The van der Waals surface area contributed by atoms with Crippen LogP contribution in [-0.4, -0.2) is 16.0 Å². The molecule has 1 aliphatic carbocycles. The van der Waals surface area contributed by atoms with Crippen LogP contribution in [0, 0.1) is 10.1 Å². The lowest BCUT2D eigenvalue weighted by Crippen LogP contribution is -2.25. The van der Waals surface area contributed by atoms with Gasteiger partial charge in [0.05, 0.1) is 17.1 Å². The Labute approximate surface area is 86.2 Å². The first-order chi connectivity index (χ1) is 7.15. The van der Waals surface area contributed by atoms with E-state index in [0.717, 1.165) is 19.3 Å². The molecule has 0 saturated heterocycles. The number of ether oxygens (including phenoxy) is 1. The van der Waals surface area contributed by atoms with Gasteiger partial charge in [-0.2, -0.15) is 4.98 Å². The second kappa shape index (κ2) is 3.72. The summed E-state index contributed by atoms with van der Waals surface area (Å²) < 4.78 is 5.43. The molecule has 1 aromatic rings. The third kappa shape index (κ3) is 2.15. The van der Waals surface area contributed by atoms with Gasteiger partial charge in [0.15, 0.2) is 0 Å². The smallest absolute Gasteiger partial charge is 0.278 e. The summed E-state index contributed by atoms with van der Waals surface area (Å²) in [5.74, 6) is 0.352. The maximum Gasteiger partial charge on any atom is 0.278 e. The standard InChI is InChI=1S/C9H11N3O3/c10-8-4-6(12(13)14)5-9(11-8)15-7-2-1-3-7/h4-5,7H,1-3H2,(H2,10,11). The van der Waals surface area contributed by atoms with E-state index >= 15 is 0 Å². The van der Waals surface area contributed by atoms with Crippen molar-refractivity contribution < 1.29 is 9.66 Å². The number of aromatic nitrogens is 1. The van der Waals surface area contributed by atoms with Crippen LogP contribution >= 0.6 is 0 Å². The molecule has 0 spiro atoms. The van der Waals surface area contributed by atoms with Crippen LogP contribution in [0.1, 0.15) is 19.3 Å². The molecule has 1 saturated carbocycles. The molecule has 6 nitrogen and oxygen atoms in total. The summed E-state index contributed by atoms with van der Waals surface area (Å²) in [5.41, 5.74) is 5.35. The zero-order chi connectivity index (χ0) is 10.8. The number of nitrogens with zero attached hydrogens (tertiary/aromatic N) is 2. The summed E-state index contributed by atoms with van der Waals surface area (Å²) in [4.78, 5) is 13.9. The molecule has 1 fully saturated rings. The highest BCUT2D eigenvalue weighted by Crippen LogP contribution is 2.27. The second-order valence-electron chi connectivity index (χ2n) is 3.52. The summed E-state index contributed by atoms with van der Waals surface area (Å²) in [6.45, 7) is 0. The largest absolute Gasteiger partial charge is 0.474 e. The Kier molecular flexibility index (Phi) is 2.40. The second-order valence-corrected chi connectivity index (χ2v) is 3.52. The Morgan fingerprint density at radius 1 is 1.53 bits per heavy atom. The third-order valence-electron chi connectivity index (χ3n) is 2.36. The fourth-order valence-corrected chi connectivity index (χ4v) is 1.34. The Balaban J connectivity index is 2.18. The molecule has 0 radical (unpaired) electrons. The first-order valence-electron chi connectivity index (χ1n) is 4.74. The average Bonchev–Trinajstić information content (AvgIpc) is 2.10. The van der Waals surface area contributed by atoms with Crippen molar-refractivity contribution in [2.24, 2.45) is 0 Å². The minimum absolute atomic E-state index is 0.0863. The van der Waals surface area contributed by atoms with Gasteiger partial charge in [-0.3, -0.25) is 10.1 Å². The quantitative estimate of drug-likeness (QED) is 0.601. The van der Waals surface area contributed by atoms with E-state index in [-0.39, 0.29) is 23.5 Å². The molecule has 0 unspecified atom stereocenters. The molecule has 1 aromatic heterocycles. The molecular weight excluding hydrogens is 198 g/mol. The molecule has 6 heteroatoms. The van der Waals surface area contributed by atoms with Crippen molar-refractivity contribution in [3.05, 3.63) is 22.2 Å². The molecular formula is C9H11N3O3. The van der Waals surface area contributed by atoms with Gasteiger partial charge in [-0.15, -0.1) is 0 Å². The molecule has 0 atom stereocenters. The van der Waals surface area contributed by atoms with Crippen molar-refractivity contribution in [2.45, 2.75) is 25.4 Å². The van der Waals surface area contributed by atoms with Crippen molar-refractivity contribution >= 4 is 11.5 Å². The SMILES string of the molecule is Nc1cc([N+](=O)[O-])cc(OC2CCC2)n1. The number of nitro groups is 1. The molecule has 80 valence electrons. The van der Waals surface area contributed by atoms with Gasteiger partial charge in [-0.05, 0) is 19.3 Å². The molecule has 0 bridgehead atoms. The van der Waals surface area contributed by atoms with Crippen molar-refractivity contribution in [2.75, 3.05) is 5.73 Å². The van der Waals surface area contributed by atoms with E-state index in [2.05, 4.69) is 4.98 Å². The van der Waals surface area contributed by atoms with Gasteiger partial charge < -0.3 is 10.5 Å². The summed E-state index contributed by atoms with van der Waals surface area (Å²) in [6.07, 6.45) is 3.22. The summed E-state index contributed by atoms with van der Waals surface area (Å²) in [5, 5.41) is 10.5. The molecule has 15 heavy (non-hydrogen) atoms. The van der Waals surface area contributed by atoms with Crippen molar-refractivity contribution in [1.29, 1.82) is 0 Å². The van der Waals surface area contributed by atoms with Crippen LogP contribution in [-0.2, 0) is 0 Å². The Morgan fingerprint density at radius 2 is 2.27 bits per heavy atom. The number of nitrogen functional groups attached to an aromatic ring is 1. The lowest BCUT2D eigenvalue weighted by atomic mass is 9.96. The predicted octanol–water partition coefficient (Wildman–Crippen LogP) is 1.50. The highest BCUT2D eigenvalue weighted by Gasteiger charge is 2.21. The van der Waals surface area contributed by atoms with Crippen LogP contribution < -0.4 is 10.5 Å². The molecule has 0 aliphatic heterocycles. The van der Waals surface area contributed by atoms with E-state index in [1.165, 1.54) is 12.1 Å². The number of nitrogens with two attached hydrogens (primary N) is 1. The van der Waals surface area contributed by atoms with Gasteiger partial charge in [-0.1, -0.05) is 0 Å². The fourth-order valence-electron chi connectivity index (χ4n) is 1.34. The molecule has 1 heterocycles. The fraction of sp³-hybridized carbons (Fsp3) is 0.444. The van der Waals surface area contributed by atoms with E-state index in [1.807, 2.05) is 0 Å². The van der Waals surface area contributed by atoms with Crippen molar-refractivity contribution in [3.8, 4) is 5.88 Å². The maximum atomic E-state index is 10.5. The predicted molar refractivity (Wildman–Crippen MR) is 53.6 cm³/mol. The molecule has 0 aromatic carbocycles. The first-order valence-corrected chi connectivity index (χ1v) is 4.74. The molecule has 1 aliphatic rings. The summed E-state index contributed by atoms with van der Waals surface area (Å²) in [6, 6.07) is 2.52. The van der Waals surface area contributed by atoms with Crippen LogP contribution in [0.3, 0.4) is 0 Å². The minimum Gasteiger partial charge on any atom is -0.474 e. The van der Waals surface area contributed by atoms with Crippen LogP contribution in [0.2, 0.25) is 0 Å². The Bertz CT molecular complexity index is 390. The topological polar surface area (TPSA) is 91.3 Å². The number of hydrogen-bond donors (Lipinski definition) is 1. The maximum absolute atomic E-state index is 10.5. The van der Waals surface area contributed by atoms with Gasteiger partial charge in [0.25, 0.3) is 5.69 Å². The Hall–Kier alpha value is -1.85. The van der Waals surface area contributed by atoms with Crippen LogP contribution in [0.4, 0.5) is 11.5 Å². The summed E-state index contributed by atoms with van der Waals surface area (Å²) >= 11 is 0. The van der Waals surface area contributed by atoms with Crippen molar-refractivity contribution in [1.82, 2.24) is 4.98 Å². The minimum atomic E-state index is -0.508. The monoisotopic (exact) mass is 209 g/mol. The van der Waals surface area contributed by atoms with E-state index in [0.29, 0.717) is 0 Å². The highest BCUT2D eigenvalue weighted by molar-refractivity contribution is 5.45. The van der Waals surface area contributed by atoms with Gasteiger partial charge in [0.2, 0.25) is 5.88 Å². The van der Waals surface area contributed by atoms with Crippen LogP contribution in [0.15, 0.2) is 12.1 Å². The molecule has 2 N–H and O–H groups in total. The van der Waals surface area contributed by atoms with Gasteiger partial charge >= 0.3 is 0 Å². The lowest BCUT2D eigenvalue weighted by molar-refractivity contribution is -0.384. The normalized spacial score (nSPS) is 15.7. The summed E-state index contributed by atoms with van der Waals surface area (Å²) in [7, 11) is 0. The number of pyridine rings is 1. The lowest BCUT2D eigenvalue weighted by Gasteiger charge is -2.25. The highest BCUT2D eigenvalue weighted by atomic mass is 16.6. The van der Waals surface area contributed by atoms with E-state index in [4.69, 9.17) is 10.5 Å². The van der Waals surface area contributed by atoms with Crippen LogP contribution in [0.25, 0.3) is 0 Å². The zero-order valence-corrected chi connectivity index (χ0v) is 8.05. The van der Waals surface area contributed by atoms with E-state index in [9.17, 15) is 10.1 Å². The van der Waals surface area contributed by atoms with Gasteiger partial charge in [0, 0.05) is 0 Å². The average molecular weight is 209 g/mol. The molecule has 0 amide bonds. The number of anilines is 1. The van der Waals surface area contributed by atoms with E-state index < -0.39 is 4.92 Å². The van der Waals surface area contributed by atoms with Gasteiger partial charge in [-0.25, -0.2) is 0 Å². The first kappa shape index (κ1) is 9.70. The number of hydrogen-bond acceptors (Lipinski definition) is 5. The van der Waals surface area contributed by atoms with E-state index in [1.54, 1.807) is 0 Å². The van der Waals surface area contributed by atoms with Gasteiger partial charge in [0.1, 0.15) is 11.9 Å². The number of rotatable bonds is 3. The van der Waals surface area contributed by atoms with Crippen LogP contribution in [0.5, 0.6) is 5.88 Å². The third-order valence-corrected chi connectivity index (χ3v) is 2.36.